The van der Waals surface area contributed by atoms with Crippen molar-refractivity contribution in [1.29, 1.82) is 0 Å². The monoisotopic (exact) mass is 345 g/mol. The van der Waals surface area contributed by atoms with Crippen LogP contribution in [-0.2, 0) is 0 Å². The molecule has 0 spiro atoms. The van der Waals surface area contributed by atoms with E-state index in [0.29, 0.717) is 12.1 Å². The van der Waals surface area contributed by atoms with Gasteiger partial charge in [-0.3, -0.25) is 9.80 Å². The van der Waals surface area contributed by atoms with E-state index in [1.165, 1.54) is 37.4 Å². The molecule has 0 saturated carbocycles. The van der Waals surface area contributed by atoms with Gasteiger partial charge in [-0.15, -0.1) is 0 Å². The van der Waals surface area contributed by atoms with E-state index in [1.807, 2.05) is 0 Å². The molecule has 2 aliphatic rings. The van der Waals surface area contributed by atoms with Crippen LogP contribution in [0.3, 0.4) is 0 Å². The fourth-order valence-corrected chi connectivity index (χ4v) is 3.95. The van der Waals surface area contributed by atoms with Crippen molar-refractivity contribution in [1.82, 2.24) is 20.0 Å². The van der Waals surface area contributed by atoms with Gasteiger partial charge in [0.2, 0.25) is 0 Å². The summed E-state index contributed by atoms with van der Waals surface area (Å²) in [5.41, 5.74) is 2.73. The Hall–Kier alpha value is -1.14. The molecule has 2 unspecified atom stereocenters. The van der Waals surface area contributed by atoms with Crippen LogP contribution in [0.1, 0.15) is 18.5 Å². The predicted octanol–water partition coefficient (Wildman–Crippen LogP) is 1.33. The molecule has 0 aliphatic carbocycles. The Bertz CT molecular complexity index is 521. The lowest BCUT2D eigenvalue weighted by atomic mass is 10.0. The maximum absolute atomic E-state index is 3.58. The maximum Gasteiger partial charge on any atom is 0.0476 e. The van der Waals surface area contributed by atoms with Gasteiger partial charge in [-0.2, -0.15) is 0 Å². The van der Waals surface area contributed by atoms with Gasteiger partial charge in [0, 0.05) is 84.2 Å². The topological polar surface area (TPSA) is 25.0 Å². The zero-order valence-corrected chi connectivity index (χ0v) is 16.4. The number of rotatable bonds is 5. The summed E-state index contributed by atoms with van der Waals surface area (Å²) in [6, 6.07) is 10.3. The first-order valence-corrected chi connectivity index (χ1v) is 9.68. The Balaban J connectivity index is 1.75. The molecular formula is C20H35N5. The SMILES string of the molecule is CC1CN(C(CN2CCN(C)CC2)c2ccc(N(C)C)cc2)CCN1. The summed E-state index contributed by atoms with van der Waals surface area (Å²) in [6.07, 6.45) is 0. The van der Waals surface area contributed by atoms with Crippen LogP contribution in [0.5, 0.6) is 0 Å². The number of hydrogen-bond donors (Lipinski definition) is 1. The predicted molar refractivity (Wildman–Crippen MR) is 106 cm³/mol. The van der Waals surface area contributed by atoms with Crippen molar-refractivity contribution in [2.75, 3.05) is 78.4 Å². The molecule has 1 N–H and O–H groups in total. The zero-order chi connectivity index (χ0) is 17.8. The van der Waals surface area contributed by atoms with E-state index in [9.17, 15) is 0 Å². The third kappa shape index (κ3) is 4.94. The average molecular weight is 346 g/mol. The van der Waals surface area contributed by atoms with E-state index in [2.05, 4.69) is 77.2 Å². The lowest BCUT2D eigenvalue weighted by Gasteiger charge is -2.42. The van der Waals surface area contributed by atoms with Gasteiger partial charge in [0.25, 0.3) is 0 Å². The first kappa shape index (κ1) is 18.6. The molecule has 0 radical (unpaired) electrons. The second kappa shape index (κ2) is 8.49. The van der Waals surface area contributed by atoms with Crippen molar-refractivity contribution in [3.63, 3.8) is 0 Å². The van der Waals surface area contributed by atoms with Crippen molar-refractivity contribution in [3.05, 3.63) is 29.8 Å². The first-order chi connectivity index (χ1) is 12.0. The van der Waals surface area contributed by atoms with Crippen molar-refractivity contribution in [2.24, 2.45) is 0 Å². The molecule has 1 aromatic carbocycles. The summed E-state index contributed by atoms with van der Waals surface area (Å²) in [7, 11) is 6.44. The number of nitrogens with zero attached hydrogens (tertiary/aromatic N) is 4. The van der Waals surface area contributed by atoms with Crippen LogP contribution in [0, 0.1) is 0 Å². The third-order valence-electron chi connectivity index (χ3n) is 5.66. The molecule has 2 fully saturated rings. The van der Waals surface area contributed by atoms with Crippen LogP contribution >= 0.6 is 0 Å². The normalized spacial score (nSPS) is 25.0. The number of piperazine rings is 2. The molecular weight excluding hydrogens is 310 g/mol. The summed E-state index contributed by atoms with van der Waals surface area (Å²) in [5.74, 6) is 0. The molecule has 5 heteroatoms. The van der Waals surface area contributed by atoms with E-state index >= 15 is 0 Å². The first-order valence-electron chi connectivity index (χ1n) is 9.68. The molecule has 2 aliphatic heterocycles. The number of anilines is 1. The highest BCUT2D eigenvalue weighted by Gasteiger charge is 2.27. The Labute approximate surface area is 153 Å². The molecule has 3 rings (SSSR count). The summed E-state index contributed by atoms with van der Waals surface area (Å²) >= 11 is 0. The molecule has 2 saturated heterocycles. The fraction of sp³-hybridized carbons (Fsp3) is 0.700. The molecule has 5 nitrogen and oxygen atoms in total. The average Bonchev–Trinajstić information content (AvgIpc) is 2.61. The van der Waals surface area contributed by atoms with Gasteiger partial charge in [0.15, 0.2) is 0 Å². The van der Waals surface area contributed by atoms with Crippen molar-refractivity contribution < 1.29 is 0 Å². The van der Waals surface area contributed by atoms with E-state index in [-0.39, 0.29) is 0 Å². The van der Waals surface area contributed by atoms with Gasteiger partial charge in [-0.05, 0) is 31.7 Å². The number of nitrogens with one attached hydrogen (secondary N) is 1. The summed E-state index contributed by atoms with van der Waals surface area (Å²) in [4.78, 5) is 9.94. The van der Waals surface area contributed by atoms with Gasteiger partial charge < -0.3 is 15.1 Å². The maximum atomic E-state index is 3.58. The molecule has 0 amide bonds. The minimum atomic E-state index is 0.490. The fourth-order valence-electron chi connectivity index (χ4n) is 3.95. The Morgan fingerprint density at radius 3 is 2.36 bits per heavy atom. The van der Waals surface area contributed by atoms with E-state index in [1.54, 1.807) is 0 Å². The van der Waals surface area contributed by atoms with Crippen LogP contribution in [0.25, 0.3) is 0 Å². The molecule has 1 aromatic rings. The largest absolute Gasteiger partial charge is 0.378 e. The lowest BCUT2D eigenvalue weighted by molar-refractivity contribution is 0.0835. The Kier molecular flexibility index (Phi) is 6.34. The minimum absolute atomic E-state index is 0.490. The zero-order valence-electron chi connectivity index (χ0n) is 16.4. The molecule has 2 heterocycles. The Morgan fingerprint density at radius 1 is 1.08 bits per heavy atom. The molecule has 0 aromatic heterocycles. The molecule has 140 valence electrons. The van der Waals surface area contributed by atoms with E-state index in [0.717, 1.165) is 26.2 Å². The smallest absolute Gasteiger partial charge is 0.0476 e. The highest BCUT2D eigenvalue weighted by Crippen LogP contribution is 2.26. The van der Waals surface area contributed by atoms with Gasteiger partial charge >= 0.3 is 0 Å². The number of likely N-dealkylation sites (N-methyl/N-ethyl adjacent to an activating group) is 1. The van der Waals surface area contributed by atoms with Gasteiger partial charge in [0.1, 0.15) is 0 Å². The quantitative estimate of drug-likeness (QED) is 0.868. The number of hydrogen-bond acceptors (Lipinski definition) is 5. The highest BCUT2D eigenvalue weighted by molar-refractivity contribution is 5.46. The Morgan fingerprint density at radius 2 is 1.76 bits per heavy atom. The van der Waals surface area contributed by atoms with Crippen LogP contribution < -0.4 is 10.2 Å². The van der Waals surface area contributed by atoms with Gasteiger partial charge in [-0.1, -0.05) is 12.1 Å². The van der Waals surface area contributed by atoms with Gasteiger partial charge in [-0.25, -0.2) is 0 Å². The van der Waals surface area contributed by atoms with E-state index in [4.69, 9.17) is 0 Å². The lowest BCUT2D eigenvalue weighted by Crippen LogP contribution is -2.53. The third-order valence-corrected chi connectivity index (χ3v) is 5.66. The second-order valence-electron chi connectivity index (χ2n) is 7.96. The summed E-state index contributed by atoms with van der Waals surface area (Å²) in [5, 5.41) is 3.58. The number of benzene rings is 1. The van der Waals surface area contributed by atoms with Crippen LogP contribution in [0.2, 0.25) is 0 Å². The minimum Gasteiger partial charge on any atom is -0.378 e. The summed E-state index contributed by atoms with van der Waals surface area (Å²) in [6.45, 7) is 11.5. The van der Waals surface area contributed by atoms with Crippen LogP contribution in [0.4, 0.5) is 5.69 Å². The highest BCUT2D eigenvalue weighted by atomic mass is 15.3. The van der Waals surface area contributed by atoms with Crippen LogP contribution in [0.15, 0.2) is 24.3 Å². The van der Waals surface area contributed by atoms with Crippen molar-refractivity contribution in [3.8, 4) is 0 Å². The van der Waals surface area contributed by atoms with Crippen molar-refractivity contribution >= 4 is 5.69 Å². The molecule has 25 heavy (non-hydrogen) atoms. The van der Waals surface area contributed by atoms with Crippen molar-refractivity contribution in [2.45, 2.75) is 19.0 Å². The van der Waals surface area contributed by atoms with Gasteiger partial charge in [0.05, 0.1) is 0 Å². The molecule has 0 bridgehead atoms. The van der Waals surface area contributed by atoms with E-state index < -0.39 is 0 Å². The molecule has 2 atom stereocenters. The second-order valence-corrected chi connectivity index (χ2v) is 7.96. The summed E-state index contributed by atoms with van der Waals surface area (Å²) < 4.78 is 0. The van der Waals surface area contributed by atoms with Crippen LogP contribution in [-0.4, -0.2) is 94.2 Å². The standard InChI is InChI=1S/C20H35N5/c1-17-15-25(10-9-21-17)20(16-24-13-11-23(4)12-14-24)18-5-7-19(8-6-18)22(2)3/h5-8,17,20-21H,9-16H2,1-4H3.